The molecule has 0 spiro atoms. The molecule has 522 valence electrons. The average Bonchev–Trinajstić information content (AvgIpc) is 1.51. The highest BCUT2D eigenvalue weighted by molar-refractivity contribution is 7.35. The van der Waals surface area contributed by atoms with E-state index in [2.05, 4.69) is 62.0 Å². The lowest BCUT2D eigenvalue weighted by Crippen LogP contribution is -2.14. The number of aryl methyl sites for hydroxylation is 2. The third kappa shape index (κ3) is 21.7. The number of hydrogen-bond acceptors (Lipinski definition) is 9. The van der Waals surface area contributed by atoms with Crippen LogP contribution in [0.2, 0.25) is 0 Å². The maximum absolute atomic E-state index is 13.5. The van der Waals surface area contributed by atoms with Crippen molar-refractivity contribution in [3.05, 3.63) is 16.0 Å². The zero-order valence-electron chi connectivity index (χ0n) is 60.6. The molecule has 8 rings (SSSR count). The van der Waals surface area contributed by atoms with Gasteiger partial charge in [0.15, 0.2) is 11.3 Å². The van der Waals surface area contributed by atoms with Gasteiger partial charge < -0.3 is 13.9 Å². The summed E-state index contributed by atoms with van der Waals surface area (Å²) in [5, 5.41) is 3.83. The Morgan fingerprint density at radius 2 is 0.645 bits per heavy atom. The van der Waals surface area contributed by atoms with Gasteiger partial charge in [-0.05, 0) is 68.8 Å². The van der Waals surface area contributed by atoms with Crippen molar-refractivity contribution in [1.29, 1.82) is 0 Å². The summed E-state index contributed by atoms with van der Waals surface area (Å²) < 4.78 is 31.8. The Morgan fingerprint density at radius 1 is 0.344 bits per heavy atom. The Morgan fingerprint density at radius 3 is 0.989 bits per heavy atom. The van der Waals surface area contributed by atoms with E-state index in [1.807, 2.05) is 41.1 Å². The molecule has 0 amide bonds. The first-order valence-corrected chi connectivity index (χ1v) is 44.0. The average molecular weight is 1370 g/mol. The van der Waals surface area contributed by atoms with E-state index in [4.69, 9.17) is 13.5 Å². The van der Waals surface area contributed by atoms with Gasteiger partial charge >= 0.3 is 0 Å². The van der Waals surface area contributed by atoms with Crippen LogP contribution in [0.5, 0.6) is 5.06 Å². The molecule has 6 nitrogen and oxygen atoms in total. The van der Waals surface area contributed by atoms with Gasteiger partial charge in [-0.15, -0.1) is 34.0 Å². The largest absolute Gasteiger partial charge is 0.487 e. The molecule has 0 N–H and O–H groups in total. The van der Waals surface area contributed by atoms with Crippen molar-refractivity contribution in [2.45, 2.75) is 389 Å². The lowest BCUT2D eigenvalue weighted by Gasteiger charge is -2.22. The molecule has 8 aromatic rings. The molecular weight excluding hydrogens is 1230 g/mol. The Kier molecular flexibility index (Phi) is 35.8. The summed E-state index contributed by atoms with van der Waals surface area (Å²) in [6, 6.07) is 0. The number of aromatic nitrogens is 4. The molecule has 0 bridgehead atoms. The van der Waals surface area contributed by atoms with Crippen LogP contribution < -0.4 is 4.74 Å². The molecule has 7 heterocycles. The van der Waals surface area contributed by atoms with Crippen LogP contribution >= 0.6 is 57.1 Å². The monoisotopic (exact) mass is 1360 g/mol. The number of hydrogen-bond donors (Lipinski definition) is 0. The third-order valence-electron chi connectivity index (χ3n) is 21.5. The van der Waals surface area contributed by atoms with Crippen LogP contribution in [0.15, 0.2) is 0 Å². The number of aldehydes is 1. The first-order chi connectivity index (χ1) is 46.0. The number of nitrogens with zero attached hydrogens (tertiary/aromatic N) is 4. The molecule has 0 aliphatic heterocycles. The first-order valence-electron chi connectivity index (χ1n) is 40.0. The van der Waals surface area contributed by atoms with Crippen LogP contribution in [-0.2, 0) is 25.9 Å². The summed E-state index contributed by atoms with van der Waals surface area (Å²) in [5.41, 5.74) is 10.7. The predicted octanol–water partition coefficient (Wildman–Crippen LogP) is 30.2. The Labute approximate surface area is 587 Å². The molecule has 0 radical (unpaired) electrons. The van der Waals surface area contributed by atoms with Gasteiger partial charge in [0.25, 0.3) is 0 Å². The van der Waals surface area contributed by atoms with Crippen molar-refractivity contribution >= 4 is 135 Å². The molecule has 7 aromatic heterocycles. The van der Waals surface area contributed by atoms with Crippen LogP contribution in [0, 0.1) is 11.8 Å². The summed E-state index contributed by atoms with van der Waals surface area (Å²) in [7, 11) is 1.94. The molecule has 93 heavy (non-hydrogen) atoms. The van der Waals surface area contributed by atoms with E-state index in [9.17, 15) is 4.79 Å². The molecule has 0 aliphatic rings. The van der Waals surface area contributed by atoms with E-state index in [1.165, 1.54) is 405 Å². The highest BCUT2D eigenvalue weighted by atomic mass is 32.1. The molecular formula is C82H132N4O2S5. The van der Waals surface area contributed by atoms with E-state index in [0.717, 1.165) is 53.3 Å². The number of methoxy groups -OCH3 is 1. The van der Waals surface area contributed by atoms with Gasteiger partial charge in [-0.25, -0.2) is 0 Å². The Hall–Kier alpha value is -2.57. The van der Waals surface area contributed by atoms with Crippen molar-refractivity contribution in [1.82, 2.24) is 17.9 Å². The van der Waals surface area contributed by atoms with Crippen molar-refractivity contribution in [3.63, 3.8) is 0 Å². The second-order valence-electron chi connectivity index (χ2n) is 29.2. The lowest BCUT2D eigenvalue weighted by atomic mass is 9.93. The minimum absolute atomic E-state index is 0.569. The topological polar surface area (TPSA) is 61.9 Å². The fourth-order valence-corrected chi connectivity index (χ4v) is 22.2. The van der Waals surface area contributed by atoms with Gasteiger partial charge in [-0.2, -0.15) is 8.75 Å². The summed E-state index contributed by atoms with van der Waals surface area (Å²) >= 11 is 9.28. The van der Waals surface area contributed by atoms with E-state index < -0.39 is 0 Å². The van der Waals surface area contributed by atoms with Gasteiger partial charge in [0, 0.05) is 29.4 Å². The van der Waals surface area contributed by atoms with Crippen molar-refractivity contribution in [3.8, 4) is 5.06 Å². The number of carbonyl (C=O) groups is 1. The highest BCUT2D eigenvalue weighted by Gasteiger charge is 2.33. The number of rotatable bonds is 58. The normalized spacial score (nSPS) is 13.0. The summed E-state index contributed by atoms with van der Waals surface area (Å²) in [6.07, 6.45) is 70.1. The van der Waals surface area contributed by atoms with Gasteiger partial charge in [0.2, 0.25) is 0 Å². The summed E-state index contributed by atoms with van der Waals surface area (Å²) in [6.45, 7) is 16.1. The van der Waals surface area contributed by atoms with Crippen molar-refractivity contribution in [2.24, 2.45) is 11.8 Å². The molecule has 2 unspecified atom stereocenters. The van der Waals surface area contributed by atoms with Crippen LogP contribution in [-0.4, -0.2) is 31.3 Å². The zero-order valence-corrected chi connectivity index (χ0v) is 64.6. The minimum Gasteiger partial charge on any atom is -0.487 e. The fraction of sp³-hybridized carbons (Fsp3) is 0.768. The third-order valence-corrected chi connectivity index (χ3v) is 27.1. The molecule has 0 saturated carbocycles. The molecule has 0 saturated heterocycles. The van der Waals surface area contributed by atoms with Gasteiger partial charge in [-0.1, -0.05) is 335 Å². The fourth-order valence-electron chi connectivity index (χ4n) is 16.0. The highest BCUT2D eigenvalue weighted by Crippen LogP contribution is 2.56. The number of fused-ring (bicyclic) bond motifs is 14. The van der Waals surface area contributed by atoms with E-state index in [-0.39, 0.29) is 0 Å². The Balaban J connectivity index is 1.29. The van der Waals surface area contributed by atoms with Crippen LogP contribution in [0.4, 0.5) is 0 Å². The second kappa shape index (κ2) is 43.8. The number of carbonyl (C=O) groups excluding carboxylic acids is 1. The maximum atomic E-state index is 13.5. The quantitative estimate of drug-likeness (QED) is 0.0282. The molecule has 0 aliphatic carbocycles. The molecule has 2 atom stereocenters. The zero-order chi connectivity index (χ0) is 65.2. The number of thiophene rings is 4. The minimum atomic E-state index is 0.569. The lowest BCUT2D eigenvalue weighted by molar-refractivity contribution is 0.112. The van der Waals surface area contributed by atoms with Gasteiger partial charge in [-0.3, -0.25) is 4.79 Å². The number of benzene rings is 1. The van der Waals surface area contributed by atoms with Gasteiger partial charge in [0.1, 0.15) is 11.0 Å². The summed E-state index contributed by atoms with van der Waals surface area (Å²) in [5.74, 6) is 1.15. The van der Waals surface area contributed by atoms with Crippen molar-refractivity contribution < 1.29 is 9.53 Å². The van der Waals surface area contributed by atoms with Crippen molar-refractivity contribution in [2.75, 3.05) is 7.11 Å². The first kappa shape index (κ1) is 76.2. The van der Waals surface area contributed by atoms with Crippen LogP contribution in [0.1, 0.15) is 383 Å². The maximum Gasteiger partial charge on any atom is 0.178 e. The molecule has 11 heteroatoms. The number of ether oxygens (including phenoxy) is 1. The van der Waals surface area contributed by atoms with Crippen LogP contribution in [0.25, 0.3) is 72.1 Å². The second-order valence-corrected chi connectivity index (χ2v) is 33.8. The van der Waals surface area contributed by atoms with Crippen LogP contribution in [0.3, 0.4) is 0 Å². The van der Waals surface area contributed by atoms with E-state index in [1.54, 1.807) is 0 Å². The predicted molar refractivity (Wildman–Crippen MR) is 421 cm³/mol. The Bertz CT molecular complexity index is 3320. The standard InChI is InChI=1S/C82H132N4O2S5/c1-8-14-20-26-31-35-38-40-45-51-57-64(56-50-44-39-34-29-23-17-11-4)60-85-72-68(78-74(85)80-76(90-78)65(67(62-87)89-80)58-52-46-41-36-32-27-21-15-9-2)70-71(84-93-83-70)69-73(72)86(61-63(54-48-25-19-13-6)55-49-43-30-24-18-12-5)75-79(69)91-77-66(82(88-7)92-81(75)77)59-53-47-42-37-33-28-22-16-10-3/h62-64H,8-61H2,1-7H3. The summed E-state index contributed by atoms with van der Waals surface area (Å²) in [4.78, 5) is 14.5. The molecule has 0 fully saturated rings. The van der Waals surface area contributed by atoms with E-state index in [0.29, 0.717) is 11.8 Å². The van der Waals surface area contributed by atoms with Gasteiger partial charge in [0.05, 0.1) is 74.0 Å². The molecule has 1 aromatic carbocycles. The number of unbranched alkanes of at least 4 members (excludes halogenated alkanes) is 40. The smallest absolute Gasteiger partial charge is 0.178 e. The SMILES string of the molecule is CCCCCCCCCCCCC(CCCCCCCCCC)Cn1c2c3sc(C=O)c(CCCCCCCCCCC)c3sc2c2c3nsnc3c3c4sc5c(CCCCCCCCCCC)c(OC)sc5c4n(CC(CCCCCC)CCCCCCCC)c3c21. The van der Waals surface area contributed by atoms with E-state index >= 15 is 0 Å².